The zero-order valence-corrected chi connectivity index (χ0v) is 17.2. The summed E-state index contributed by atoms with van der Waals surface area (Å²) in [7, 11) is -3.03. The molecule has 1 heterocycles. The second kappa shape index (κ2) is 8.84. The van der Waals surface area contributed by atoms with E-state index in [9.17, 15) is 23.7 Å². The van der Waals surface area contributed by atoms with Gasteiger partial charge in [-0.2, -0.15) is 8.42 Å². The molecular weight excluding hydrogens is 404 g/mol. The van der Waals surface area contributed by atoms with Crippen molar-refractivity contribution in [2.75, 3.05) is 7.11 Å². The van der Waals surface area contributed by atoms with E-state index in [0.717, 1.165) is 18.4 Å². The summed E-state index contributed by atoms with van der Waals surface area (Å²) in [6.07, 6.45) is -3.61. The molecule has 10 heteroatoms. The monoisotopic (exact) mass is 432 g/mol. The Morgan fingerprint density at radius 2 is 1.83 bits per heavy atom. The molecule has 1 aliphatic heterocycles. The molecule has 4 N–H and O–H groups in total. The summed E-state index contributed by atoms with van der Waals surface area (Å²) in [4.78, 5) is 0. The molecule has 2 unspecified atom stereocenters. The van der Waals surface area contributed by atoms with Crippen LogP contribution in [0.15, 0.2) is 18.2 Å². The Bertz CT molecular complexity index is 812. The van der Waals surface area contributed by atoms with E-state index >= 15 is 0 Å². The number of ether oxygens (including phenoxy) is 2. The van der Waals surface area contributed by atoms with Crippen molar-refractivity contribution >= 4 is 10.4 Å². The van der Waals surface area contributed by atoms with E-state index < -0.39 is 47.0 Å². The molecule has 0 amide bonds. The van der Waals surface area contributed by atoms with Crippen molar-refractivity contribution < 1.29 is 41.9 Å². The highest BCUT2D eigenvalue weighted by molar-refractivity contribution is 7.80. The zero-order valence-electron chi connectivity index (χ0n) is 16.3. The molecule has 29 heavy (non-hydrogen) atoms. The minimum atomic E-state index is -4.51. The topological polar surface area (TPSA) is 143 Å². The summed E-state index contributed by atoms with van der Waals surface area (Å²) < 4.78 is 47.0. The van der Waals surface area contributed by atoms with E-state index in [2.05, 4.69) is 0 Å². The first kappa shape index (κ1) is 22.4. The highest BCUT2D eigenvalue weighted by Crippen LogP contribution is 2.41. The Morgan fingerprint density at radius 3 is 2.48 bits per heavy atom. The first-order valence-corrected chi connectivity index (χ1v) is 11.0. The van der Waals surface area contributed by atoms with Crippen LogP contribution in [0, 0.1) is 0 Å². The molecular formula is C19H28O9S. The molecule has 1 saturated carbocycles. The number of aliphatic hydroxyl groups is 3. The molecule has 3 rings (SSSR count). The van der Waals surface area contributed by atoms with Gasteiger partial charge in [0.2, 0.25) is 0 Å². The highest BCUT2D eigenvalue weighted by Gasteiger charge is 2.43. The molecule has 0 spiro atoms. The molecule has 164 valence electrons. The van der Waals surface area contributed by atoms with Crippen LogP contribution in [-0.4, -0.2) is 65.9 Å². The highest BCUT2D eigenvalue weighted by atomic mass is 32.3. The number of methoxy groups -OCH3 is 1. The van der Waals surface area contributed by atoms with E-state index in [1.165, 1.54) is 7.11 Å². The van der Waals surface area contributed by atoms with Gasteiger partial charge in [0.15, 0.2) is 0 Å². The van der Waals surface area contributed by atoms with Gasteiger partial charge in [0.05, 0.1) is 19.3 Å². The number of benzene rings is 1. The molecule has 2 aliphatic rings. The maximum absolute atomic E-state index is 11.0. The molecule has 2 fully saturated rings. The van der Waals surface area contributed by atoms with Crippen molar-refractivity contribution in [3.63, 3.8) is 0 Å². The summed E-state index contributed by atoms with van der Waals surface area (Å²) in [5.41, 5.74) is 1.42. The van der Waals surface area contributed by atoms with Gasteiger partial charge in [0.25, 0.3) is 0 Å². The van der Waals surface area contributed by atoms with Crippen molar-refractivity contribution in [1.82, 2.24) is 0 Å². The fourth-order valence-corrected chi connectivity index (χ4v) is 4.76. The largest absolute Gasteiger partial charge is 0.496 e. The van der Waals surface area contributed by atoms with Crippen molar-refractivity contribution in [2.45, 2.75) is 75.1 Å². The van der Waals surface area contributed by atoms with Crippen LogP contribution in [0.3, 0.4) is 0 Å². The fourth-order valence-electron chi connectivity index (χ4n) is 4.24. The summed E-state index contributed by atoms with van der Waals surface area (Å²) in [6.45, 7) is 1.61. The van der Waals surface area contributed by atoms with Gasteiger partial charge in [-0.15, -0.1) is 0 Å². The first-order valence-electron chi connectivity index (χ1n) is 9.64. The predicted molar refractivity (Wildman–Crippen MR) is 102 cm³/mol. The van der Waals surface area contributed by atoms with Crippen LogP contribution in [0.5, 0.6) is 5.75 Å². The molecule has 7 atom stereocenters. The van der Waals surface area contributed by atoms with Gasteiger partial charge in [-0.25, -0.2) is 4.18 Å². The van der Waals surface area contributed by atoms with Gasteiger partial charge < -0.3 is 24.8 Å². The fraction of sp³-hybridized carbons (Fsp3) is 0.684. The summed E-state index contributed by atoms with van der Waals surface area (Å²) in [5.74, 6) is 0.448. The van der Waals surface area contributed by atoms with Gasteiger partial charge in [0.1, 0.15) is 30.2 Å². The normalized spacial score (nSPS) is 36.0. The Balaban J connectivity index is 1.87. The Kier molecular flexibility index (Phi) is 6.84. The van der Waals surface area contributed by atoms with Crippen LogP contribution in [0.1, 0.15) is 55.8 Å². The first-order chi connectivity index (χ1) is 13.6. The second-order valence-corrected chi connectivity index (χ2v) is 8.79. The van der Waals surface area contributed by atoms with E-state index in [-0.39, 0.29) is 5.92 Å². The van der Waals surface area contributed by atoms with Crippen LogP contribution in [0.2, 0.25) is 0 Å². The predicted octanol–water partition coefficient (Wildman–Crippen LogP) is 1.08. The van der Waals surface area contributed by atoms with Gasteiger partial charge >= 0.3 is 10.4 Å². The van der Waals surface area contributed by atoms with Gasteiger partial charge in [-0.05, 0) is 49.8 Å². The van der Waals surface area contributed by atoms with Crippen LogP contribution in [0.4, 0.5) is 0 Å². The van der Waals surface area contributed by atoms with Crippen LogP contribution in [0.25, 0.3) is 0 Å². The van der Waals surface area contributed by atoms with Crippen LogP contribution in [-0.2, 0) is 19.3 Å². The number of hydrogen-bond donors (Lipinski definition) is 4. The lowest BCUT2D eigenvalue weighted by Crippen LogP contribution is -2.53. The maximum Gasteiger partial charge on any atom is 0.397 e. The van der Waals surface area contributed by atoms with Crippen molar-refractivity contribution in [2.24, 2.45) is 0 Å². The molecule has 1 aliphatic carbocycles. The number of aliphatic hydroxyl groups excluding tert-OH is 3. The van der Waals surface area contributed by atoms with Crippen molar-refractivity contribution in [3.8, 4) is 5.75 Å². The van der Waals surface area contributed by atoms with Crippen LogP contribution < -0.4 is 4.74 Å². The SMILES string of the molecule is COc1ccc(C2CCCC(OS(=O)(=O)O)C2)cc1[C@H]1O[C@@H](C)[C@@H](O)[C@@H](O)[C@@H]1O. The Labute approximate surface area is 170 Å². The van der Waals surface area contributed by atoms with E-state index in [4.69, 9.17) is 18.2 Å². The van der Waals surface area contributed by atoms with E-state index in [1.54, 1.807) is 13.0 Å². The maximum atomic E-state index is 11.0. The molecule has 0 aromatic heterocycles. The minimum absolute atomic E-state index is 0.0196. The third kappa shape index (κ3) is 5.08. The third-order valence-electron chi connectivity index (χ3n) is 5.77. The van der Waals surface area contributed by atoms with Crippen molar-refractivity contribution in [3.05, 3.63) is 29.3 Å². The lowest BCUT2D eigenvalue weighted by Gasteiger charge is -2.40. The quantitative estimate of drug-likeness (QED) is 0.503. The Morgan fingerprint density at radius 1 is 1.10 bits per heavy atom. The van der Waals surface area contributed by atoms with Crippen molar-refractivity contribution in [1.29, 1.82) is 0 Å². The van der Waals surface area contributed by atoms with E-state index in [1.807, 2.05) is 12.1 Å². The summed E-state index contributed by atoms with van der Waals surface area (Å²) in [5, 5.41) is 30.6. The Hall–Kier alpha value is -1.27. The van der Waals surface area contributed by atoms with Gasteiger partial charge in [-0.1, -0.05) is 12.5 Å². The number of hydrogen-bond acceptors (Lipinski definition) is 8. The lowest BCUT2D eigenvalue weighted by atomic mass is 9.81. The molecule has 0 bridgehead atoms. The average molecular weight is 432 g/mol. The van der Waals surface area contributed by atoms with E-state index in [0.29, 0.717) is 24.2 Å². The number of rotatable bonds is 5. The van der Waals surface area contributed by atoms with Gasteiger partial charge in [-0.3, -0.25) is 4.55 Å². The molecule has 9 nitrogen and oxygen atoms in total. The smallest absolute Gasteiger partial charge is 0.397 e. The molecule has 1 aromatic carbocycles. The summed E-state index contributed by atoms with van der Waals surface area (Å²) in [6, 6.07) is 5.40. The summed E-state index contributed by atoms with van der Waals surface area (Å²) >= 11 is 0. The standard InChI is InChI=1S/C19H28O9S/c1-10-16(20)17(21)18(22)19(27-10)14-9-12(6-7-15(14)26-2)11-4-3-5-13(8-11)28-29(23,24)25/h6-7,9-11,13,16-22H,3-5,8H2,1-2H3,(H,23,24,25)/t10-,11?,13?,16+,17+,18-,19+/m0/s1. The lowest BCUT2D eigenvalue weighted by molar-refractivity contribution is -0.219. The molecule has 1 saturated heterocycles. The third-order valence-corrected chi connectivity index (χ3v) is 6.28. The zero-order chi connectivity index (χ0) is 21.3. The molecule has 0 radical (unpaired) electrons. The van der Waals surface area contributed by atoms with Gasteiger partial charge in [0, 0.05) is 5.56 Å². The average Bonchev–Trinajstić information content (AvgIpc) is 2.67. The molecule has 1 aromatic rings. The minimum Gasteiger partial charge on any atom is -0.496 e. The second-order valence-electron chi connectivity index (χ2n) is 7.74. The van der Waals surface area contributed by atoms with Crippen LogP contribution >= 0.6 is 0 Å².